The van der Waals surface area contributed by atoms with Gasteiger partial charge < -0.3 is 21.4 Å². The number of H-pyrrole nitrogens is 1. The van der Waals surface area contributed by atoms with Gasteiger partial charge in [0.25, 0.3) is 5.91 Å². The summed E-state index contributed by atoms with van der Waals surface area (Å²) in [4.78, 5) is 30.5. The predicted octanol–water partition coefficient (Wildman–Crippen LogP) is 1.85. The number of aromatic amines is 1. The molecule has 0 aliphatic carbocycles. The molecule has 132 valence electrons. The van der Waals surface area contributed by atoms with Crippen molar-refractivity contribution in [3.05, 3.63) is 48.0 Å². The van der Waals surface area contributed by atoms with Crippen LogP contribution in [0, 0.1) is 5.41 Å². The van der Waals surface area contributed by atoms with E-state index in [1.165, 1.54) is 0 Å². The van der Waals surface area contributed by atoms with Gasteiger partial charge in [-0.2, -0.15) is 0 Å². The Morgan fingerprint density at radius 3 is 2.88 bits per heavy atom. The summed E-state index contributed by atoms with van der Waals surface area (Å²) in [5.74, 6) is 0.440. The lowest BCUT2D eigenvalue weighted by Crippen LogP contribution is -2.27. The van der Waals surface area contributed by atoms with Crippen LogP contribution in [-0.2, 0) is 4.79 Å². The highest BCUT2D eigenvalue weighted by Gasteiger charge is 2.10. The van der Waals surface area contributed by atoms with E-state index in [1.807, 2.05) is 18.2 Å². The number of benzene rings is 2. The molecule has 8 nitrogen and oxygen atoms in total. The molecule has 0 saturated carbocycles. The number of aromatic nitrogens is 2. The van der Waals surface area contributed by atoms with E-state index in [-0.39, 0.29) is 11.7 Å². The Hall–Kier alpha value is -3.68. The van der Waals surface area contributed by atoms with Crippen molar-refractivity contribution in [3.8, 4) is 11.4 Å². The van der Waals surface area contributed by atoms with E-state index >= 15 is 0 Å². The lowest BCUT2D eigenvalue weighted by Gasteiger charge is -2.04. The SMILES string of the molecule is N=C(N)CCNC(=O)c1ccc2nc(-c3cccc(NC=O)c3)[nH]c2c1. The second-order valence-corrected chi connectivity index (χ2v) is 5.69. The van der Waals surface area contributed by atoms with Crippen molar-refractivity contribution in [1.82, 2.24) is 15.3 Å². The lowest BCUT2D eigenvalue weighted by atomic mass is 10.2. The Morgan fingerprint density at radius 2 is 2.12 bits per heavy atom. The van der Waals surface area contributed by atoms with Crippen LogP contribution in [0.1, 0.15) is 16.8 Å². The highest BCUT2D eigenvalue weighted by Crippen LogP contribution is 2.23. The van der Waals surface area contributed by atoms with Gasteiger partial charge in [0.2, 0.25) is 6.41 Å². The molecule has 0 aliphatic heterocycles. The molecule has 3 rings (SSSR count). The lowest BCUT2D eigenvalue weighted by molar-refractivity contribution is -0.105. The predicted molar refractivity (Wildman–Crippen MR) is 100 cm³/mol. The minimum Gasteiger partial charge on any atom is -0.388 e. The highest BCUT2D eigenvalue weighted by atomic mass is 16.1. The first-order valence-electron chi connectivity index (χ1n) is 7.98. The van der Waals surface area contributed by atoms with Gasteiger partial charge in [0.15, 0.2) is 0 Å². The normalized spacial score (nSPS) is 10.5. The molecule has 1 aromatic heterocycles. The molecule has 0 bridgehead atoms. The van der Waals surface area contributed by atoms with Gasteiger partial charge in [-0.1, -0.05) is 12.1 Å². The van der Waals surface area contributed by atoms with Crippen molar-refractivity contribution in [1.29, 1.82) is 5.41 Å². The van der Waals surface area contributed by atoms with Crippen LogP contribution in [0.5, 0.6) is 0 Å². The third-order valence-electron chi connectivity index (χ3n) is 3.79. The summed E-state index contributed by atoms with van der Waals surface area (Å²) in [6.07, 6.45) is 0.933. The standard InChI is InChI=1S/C18H18N6O2/c19-16(20)6-7-21-18(26)12-4-5-14-15(9-12)24-17(23-14)11-2-1-3-13(8-11)22-10-25/h1-5,8-10H,6-7H2,(H3,19,20)(H,21,26)(H,22,25)(H,23,24). The van der Waals surface area contributed by atoms with Crippen LogP contribution in [-0.4, -0.2) is 34.7 Å². The summed E-state index contributed by atoms with van der Waals surface area (Å²) in [5, 5.41) is 12.5. The fourth-order valence-electron chi connectivity index (χ4n) is 2.52. The number of hydrogen-bond donors (Lipinski definition) is 5. The summed E-state index contributed by atoms with van der Waals surface area (Å²) < 4.78 is 0. The minimum atomic E-state index is -0.235. The number of amides is 2. The topological polar surface area (TPSA) is 137 Å². The smallest absolute Gasteiger partial charge is 0.251 e. The number of carbonyl (C=O) groups is 2. The number of fused-ring (bicyclic) bond motifs is 1. The van der Waals surface area contributed by atoms with E-state index in [0.29, 0.717) is 36.5 Å². The number of carbonyl (C=O) groups excluding carboxylic acids is 2. The molecular formula is C18H18N6O2. The molecule has 26 heavy (non-hydrogen) atoms. The molecule has 0 unspecified atom stereocenters. The van der Waals surface area contributed by atoms with Gasteiger partial charge in [0, 0.05) is 29.8 Å². The number of imidazole rings is 1. The van der Waals surface area contributed by atoms with E-state index in [1.54, 1.807) is 24.3 Å². The second kappa shape index (κ2) is 7.47. The van der Waals surface area contributed by atoms with Crippen LogP contribution >= 0.6 is 0 Å². The molecule has 0 saturated heterocycles. The first kappa shape index (κ1) is 17.2. The summed E-state index contributed by atoms with van der Waals surface area (Å²) in [6, 6.07) is 12.5. The van der Waals surface area contributed by atoms with Crippen molar-refractivity contribution < 1.29 is 9.59 Å². The maximum absolute atomic E-state index is 12.2. The number of rotatable bonds is 7. The average molecular weight is 350 g/mol. The monoisotopic (exact) mass is 350 g/mol. The number of anilines is 1. The zero-order chi connectivity index (χ0) is 18.5. The van der Waals surface area contributed by atoms with Crippen molar-refractivity contribution in [2.24, 2.45) is 5.73 Å². The average Bonchev–Trinajstić information content (AvgIpc) is 3.05. The van der Waals surface area contributed by atoms with E-state index < -0.39 is 0 Å². The summed E-state index contributed by atoms with van der Waals surface area (Å²) in [6.45, 7) is 0.316. The molecule has 0 spiro atoms. The Kier molecular flexibility index (Phi) is 4.93. The van der Waals surface area contributed by atoms with Gasteiger partial charge in [-0.3, -0.25) is 15.0 Å². The number of nitrogens with one attached hydrogen (secondary N) is 4. The van der Waals surface area contributed by atoms with Crippen molar-refractivity contribution in [2.75, 3.05) is 11.9 Å². The maximum Gasteiger partial charge on any atom is 0.251 e. The molecule has 3 aromatic rings. The number of hydrogen-bond acceptors (Lipinski definition) is 4. The van der Waals surface area contributed by atoms with Crippen LogP contribution in [0.4, 0.5) is 5.69 Å². The van der Waals surface area contributed by atoms with Crippen LogP contribution in [0.15, 0.2) is 42.5 Å². The minimum absolute atomic E-state index is 0.0326. The quantitative estimate of drug-likeness (QED) is 0.252. The molecule has 0 fully saturated rings. The summed E-state index contributed by atoms with van der Waals surface area (Å²) in [7, 11) is 0. The van der Waals surface area contributed by atoms with Gasteiger partial charge in [0.1, 0.15) is 5.82 Å². The van der Waals surface area contributed by atoms with Gasteiger partial charge in [-0.25, -0.2) is 4.98 Å². The van der Waals surface area contributed by atoms with Crippen molar-refractivity contribution in [3.63, 3.8) is 0 Å². The molecule has 6 N–H and O–H groups in total. The van der Waals surface area contributed by atoms with Crippen molar-refractivity contribution in [2.45, 2.75) is 6.42 Å². The third-order valence-corrected chi connectivity index (χ3v) is 3.79. The van der Waals surface area contributed by atoms with Crippen LogP contribution in [0.3, 0.4) is 0 Å². The first-order chi connectivity index (χ1) is 12.6. The zero-order valence-corrected chi connectivity index (χ0v) is 13.9. The highest BCUT2D eigenvalue weighted by molar-refractivity contribution is 5.98. The number of amidine groups is 1. The summed E-state index contributed by atoms with van der Waals surface area (Å²) in [5.41, 5.74) is 8.72. The molecule has 2 amide bonds. The number of nitrogens with zero attached hydrogens (tertiary/aromatic N) is 1. The maximum atomic E-state index is 12.2. The molecule has 2 aromatic carbocycles. The first-order valence-corrected chi connectivity index (χ1v) is 7.98. The van der Waals surface area contributed by atoms with Gasteiger partial charge in [-0.05, 0) is 30.3 Å². The molecule has 0 aliphatic rings. The third kappa shape index (κ3) is 3.86. The van der Waals surface area contributed by atoms with Gasteiger partial charge in [0.05, 0.1) is 16.9 Å². The Bertz CT molecular complexity index is 979. The molecule has 0 atom stereocenters. The molecule has 0 radical (unpaired) electrons. The van der Waals surface area contributed by atoms with Gasteiger partial charge in [-0.15, -0.1) is 0 Å². The fraction of sp³-hybridized carbons (Fsp3) is 0.111. The largest absolute Gasteiger partial charge is 0.388 e. The van der Waals surface area contributed by atoms with Gasteiger partial charge >= 0.3 is 0 Å². The molecular weight excluding hydrogens is 332 g/mol. The fourth-order valence-corrected chi connectivity index (χ4v) is 2.52. The van der Waals surface area contributed by atoms with E-state index in [4.69, 9.17) is 11.1 Å². The van der Waals surface area contributed by atoms with Crippen LogP contribution in [0.2, 0.25) is 0 Å². The van der Waals surface area contributed by atoms with E-state index in [2.05, 4.69) is 20.6 Å². The van der Waals surface area contributed by atoms with Crippen molar-refractivity contribution >= 4 is 34.9 Å². The van der Waals surface area contributed by atoms with Crippen LogP contribution in [0.25, 0.3) is 22.4 Å². The van der Waals surface area contributed by atoms with E-state index in [0.717, 1.165) is 16.6 Å². The molecule has 1 heterocycles. The summed E-state index contributed by atoms with van der Waals surface area (Å²) >= 11 is 0. The number of nitrogens with two attached hydrogens (primary N) is 1. The Labute approximate surface area is 149 Å². The Balaban J connectivity index is 1.83. The second-order valence-electron chi connectivity index (χ2n) is 5.69. The van der Waals surface area contributed by atoms with Crippen LogP contribution < -0.4 is 16.4 Å². The zero-order valence-electron chi connectivity index (χ0n) is 13.9. The Morgan fingerprint density at radius 1 is 1.27 bits per heavy atom. The molecule has 8 heteroatoms. The van der Waals surface area contributed by atoms with E-state index in [9.17, 15) is 9.59 Å².